The minimum atomic E-state index is -1.04. The molecule has 0 bridgehead atoms. The molecule has 1 aromatic rings. The minimum absolute atomic E-state index is 0.0281. The van der Waals surface area contributed by atoms with Crippen molar-refractivity contribution in [3.8, 4) is 0 Å². The van der Waals surface area contributed by atoms with E-state index in [0.717, 1.165) is 12.1 Å². The zero-order chi connectivity index (χ0) is 15.3. The smallest absolute Gasteiger partial charge is 0.304 e. The van der Waals surface area contributed by atoms with Gasteiger partial charge in [-0.05, 0) is 32.9 Å². The number of hydrogen-bond acceptors (Lipinski definition) is 4. The number of hydrogen-bond donors (Lipinski definition) is 1. The molecule has 0 unspecified atom stereocenters. The number of benzene rings is 1. The van der Waals surface area contributed by atoms with Crippen LogP contribution in [0.5, 0.6) is 0 Å². The Balaban J connectivity index is 2.74. The highest BCUT2D eigenvalue weighted by Crippen LogP contribution is 2.18. The van der Waals surface area contributed by atoms with Gasteiger partial charge in [-0.1, -0.05) is 0 Å². The monoisotopic (exact) mass is 284 g/mol. The van der Waals surface area contributed by atoms with E-state index in [4.69, 9.17) is 4.74 Å². The van der Waals surface area contributed by atoms with Crippen molar-refractivity contribution in [2.24, 2.45) is 0 Å². The molecule has 1 N–H and O–H groups in total. The third-order valence-corrected chi connectivity index (χ3v) is 2.62. The van der Waals surface area contributed by atoms with Crippen LogP contribution < -0.4 is 5.32 Å². The highest BCUT2D eigenvalue weighted by atomic mass is 19.1. The van der Waals surface area contributed by atoms with E-state index in [1.165, 1.54) is 6.07 Å². The van der Waals surface area contributed by atoms with Gasteiger partial charge in [-0.3, -0.25) is 14.9 Å². The van der Waals surface area contributed by atoms with E-state index in [1.54, 1.807) is 0 Å². The standard InChI is InChI=1S/C13H17FN2O4/c1-4-20-13(2,3)8-15-12(17)9-5-6-11(16(18)19)10(14)7-9/h5-7H,4,8H2,1-3H3,(H,15,17). The van der Waals surface area contributed by atoms with Crippen LogP contribution in [-0.2, 0) is 4.74 Å². The molecule has 0 aromatic heterocycles. The summed E-state index contributed by atoms with van der Waals surface area (Å²) in [5, 5.41) is 13.1. The summed E-state index contributed by atoms with van der Waals surface area (Å²) in [4.78, 5) is 21.5. The molecule has 0 heterocycles. The Bertz CT molecular complexity index is 517. The van der Waals surface area contributed by atoms with Gasteiger partial charge in [-0.15, -0.1) is 0 Å². The topological polar surface area (TPSA) is 81.5 Å². The molecule has 0 atom stereocenters. The van der Waals surface area contributed by atoms with Gasteiger partial charge in [-0.2, -0.15) is 4.39 Å². The van der Waals surface area contributed by atoms with Crippen LogP contribution in [-0.4, -0.2) is 29.6 Å². The number of carbonyl (C=O) groups is 1. The first-order chi connectivity index (χ1) is 9.26. The molecule has 20 heavy (non-hydrogen) atoms. The number of amides is 1. The van der Waals surface area contributed by atoms with E-state index in [-0.39, 0.29) is 12.1 Å². The van der Waals surface area contributed by atoms with Crippen LogP contribution in [0, 0.1) is 15.9 Å². The first-order valence-electron chi connectivity index (χ1n) is 6.13. The maximum absolute atomic E-state index is 13.4. The molecule has 110 valence electrons. The molecule has 1 aromatic carbocycles. The van der Waals surface area contributed by atoms with Crippen molar-refractivity contribution >= 4 is 11.6 Å². The van der Waals surface area contributed by atoms with Crippen molar-refractivity contribution in [2.75, 3.05) is 13.2 Å². The first kappa shape index (κ1) is 16.0. The summed E-state index contributed by atoms with van der Waals surface area (Å²) >= 11 is 0. The molecule has 0 aliphatic heterocycles. The number of nitro benzene ring substituents is 1. The third kappa shape index (κ3) is 4.27. The predicted octanol–water partition coefficient (Wildman–Crippen LogP) is 2.28. The molecule has 0 aliphatic rings. The Hall–Kier alpha value is -2.02. The molecular formula is C13H17FN2O4. The van der Waals surface area contributed by atoms with Crippen LogP contribution >= 0.6 is 0 Å². The zero-order valence-electron chi connectivity index (χ0n) is 11.6. The van der Waals surface area contributed by atoms with E-state index in [9.17, 15) is 19.3 Å². The Morgan fingerprint density at radius 1 is 1.50 bits per heavy atom. The van der Waals surface area contributed by atoms with Crippen LogP contribution in [0.1, 0.15) is 31.1 Å². The number of nitrogens with one attached hydrogen (secondary N) is 1. The van der Waals surface area contributed by atoms with Crippen molar-refractivity contribution in [3.63, 3.8) is 0 Å². The van der Waals surface area contributed by atoms with Gasteiger partial charge in [0.15, 0.2) is 0 Å². The maximum atomic E-state index is 13.4. The van der Waals surface area contributed by atoms with Crippen molar-refractivity contribution in [1.29, 1.82) is 0 Å². The van der Waals surface area contributed by atoms with Gasteiger partial charge in [0, 0.05) is 24.8 Å². The van der Waals surface area contributed by atoms with Gasteiger partial charge in [-0.25, -0.2) is 0 Å². The molecule has 7 heteroatoms. The number of rotatable bonds is 6. The minimum Gasteiger partial charge on any atom is -0.374 e. The van der Waals surface area contributed by atoms with E-state index < -0.39 is 27.9 Å². The lowest BCUT2D eigenvalue weighted by molar-refractivity contribution is -0.387. The largest absolute Gasteiger partial charge is 0.374 e. The van der Waals surface area contributed by atoms with Crippen molar-refractivity contribution < 1.29 is 18.8 Å². The first-order valence-corrected chi connectivity index (χ1v) is 6.13. The lowest BCUT2D eigenvalue weighted by Gasteiger charge is -2.24. The SMILES string of the molecule is CCOC(C)(C)CNC(=O)c1ccc([N+](=O)[O-])c(F)c1. The molecule has 0 spiro atoms. The van der Waals surface area contributed by atoms with Crippen LogP contribution in [0.15, 0.2) is 18.2 Å². The molecular weight excluding hydrogens is 267 g/mol. The van der Waals surface area contributed by atoms with Crippen molar-refractivity contribution in [1.82, 2.24) is 5.32 Å². The number of ether oxygens (including phenoxy) is 1. The average molecular weight is 284 g/mol. The molecule has 1 rings (SSSR count). The molecule has 0 radical (unpaired) electrons. The molecule has 1 amide bonds. The van der Waals surface area contributed by atoms with Gasteiger partial charge < -0.3 is 10.1 Å². The Morgan fingerprint density at radius 2 is 2.15 bits per heavy atom. The van der Waals surface area contributed by atoms with Gasteiger partial charge in [0.25, 0.3) is 5.91 Å². The Labute approximate surface area is 116 Å². The quantitative estimate of drug-likeness (QED) is 0.641. The lowest BCUT2D eigenvalue weighted by atomic mass is 10.1. The van der Waals surface area contributed by atoms with E-state index >= 15 is 0 Å². The van der Waals surface area contributed by atoms with E-state index in [2.05, 4.69) is 5.32 Å². The van der Waals surface area contributed by atoms with Gasteiger partial charge in [0.2, 0.25) is 5.82 Å². The van der Waals surface area contributed by atoms with Crippen molar-refractivity contribution in [2.45, 2.75) is 26.4 Å². The highest BCUT2D eigenvalue weighted by molar-refractivity contribution is 5.94. The second kappa shape index (κ2) is 6.42. The molecule has 6 nitrogen and oxygen atoms in total. The molecule has 0 fully saturated rings. The zero-order valence-corrected chi connectivity index (χ0v) is 11.6. The van der Waals surface area contributed by atoms with Gasteiger partial charge in [0.05, 0.1) is 10.5 Å². The fourth-order valence-electron chi connectivity index (χ4n) is 1.63. The average Bonchev–Trinajstić information content (AvgIpc) is 2.35. The van der Waals surface area contributed by atoms with Crippen LogP contribution in [0.2, 0.25) is 0 Å². The molecule has 0 aliphatic carbocycles. The second-order valence-electron chi connectivity index (χ2n) is 4.80. The Kier molecular flexibility index (Phi) is 5.15. The normalized spacial score (nSPS) is 11.2. The summed E-state index contributed by atoms with van der Waals surface area (Å²) < 4.78 is 18.8. The molecule has 0 saturated heterocycles. The number of halogens is 1. The summed E-state index contributed by atoms with van der Waals surface area (Å²) in [6.45, 7) is 6.23. The predicted molar refractivity (Wildman–Crippen MR) is 71.1 cm³/mol. The van der Waals surface area contributed by atoms with E-state index in [1.807, 2.05) is 20.8 Å². The summed E-state index contributed by atoms with van der Waals surface area (Å²) in [6.07, 6.45) is 0. The summed E-state index contributed by atoms with van der Waals surface area (Å²) in [7, 11) is 0. The van der Waals surface area contributed by atoms with Gasteiger partial charge >= 0.3 is 5.69 Å². The second-order valence-corrected chi connectivity index (χ2v) is 4.80. The maximum Gasteiger partial charge on any atom is 0.304 e. The Morgan fingerprint density at radius 3 is 2.65 bits per heavy atom. The lowest BCUT2D eigenvalue weighted by Crippen LogP contribution is -2.40. The third-order valence-electron chi connectivity index (χ3n) is 2.62. The number of nitro groups is 1. The van der Waals surface area contributed by atoms with Crippen LogP contribution in [0.25, 0.3) is 0 Å². The highest BCUT2D eigenvalue weighted by Gasteiger charge is 2.20. The number of carbonyl (C=O) groups excluding carboxylic acids is 1. The molecule has 0 saturated carbocycles. The van der Waals surface area contributed by atoms with Crippen LogP contribution in [0.3, 0.4) is 0 Å². The fraction of sp³-hybridized carbons (Fsp3) is 0.462. The summed E-state index contributed by atoms with van der Waals surface area (Å²) in [5.74, 6) is -1.54. The summed E-state index contributed by atoms with van der Waals surface area (Å²) in [5.41, 5.74) is -1.17. The van der Waals surface area contributed by atoms with Crippen LogP contribution in [0.4, 0.5) is 10.1 Å². The van der Waals surface area contributed by atoms with E-state index in [0.29, 0.717) is 6.61 Å². The number of nitrogens with zero attached hydrogens (tertiary/aromatic N) is 1. The summed E-state index contributed by atoms with van der Waals surface area (Å²) in [6, 6.07) is 3.03. The fourth-order valence-corrected chi connectivity index (χ4v) is 1.63. The van der Waals surface area contributed by atoms with Crippen molar-refractivity contribution in [3.05, 3.63) is 39.7 Å². The van der Waals surface area contributed by atoms with Gasteiger partial charge in [0.1, 0.15) is 0 Å².